The van der Waals surface area contributed by atoms with Crippen molar-refractivity contribution >= 4 is 17.8 Å². The first kappa shape index (κ1) is 15.5. The maximum atomic E-state index is 13.9. The SMILES string of the molecule is CCCCN(C=O)C1CCN(c2c(N)cncc2F)CC1. The van der Waals surface area contributed by atoms with Gasteiger partial charge in [-0.3, -0.25) is 9.78 Å². The number of unbranched alkanes of at least 4 members (excludes halogenated alkanes) is 1. The number of amides is 1. The van der Waals surface area contributed by atoms with E-state index in [9.17, 15) is 9.18 Å². The van der Waals surface area contributed by atoms with E-state index in [1.807, 2.05) is 9.80 Å². The number of nitrogen functional groups attached to an aromatic ring is 1. The molecule has 6 heteroatoms. The van der Waals surface area contributed by atoms with Crippen molar-refractivity contribution in [3.05, 3.63) is 18.2 Å². The Morgan fingerprint density at radius 1 is 1.48 bits per heavy atom. The fourth-order valence-corrected chi connectivity index (χ4v) is 2.86. The van der Waals surface area contributed by atoms with Crippen molar-refractivity contribution in [2.24, 2.45) is 0 Å². The van der Waals surface area contributed by atoms with E-state index in [0.29, 0.717) is 24.5 Å². The van der Waals surface area contributed by atoms with Gasteiger partial charge in [-0.15, -0.1) is 0 Å². The van der Waals surface area contributed by atoms with Crippen LogP contribution in [-0.2, 0) is 4.79 Å². The molecular formula is C15H23FN4O. The van der Waals surface area contributed by atoms with Crippen LogP contribution in [0.5, 0.6) is 0 Å². The van der Waals surface area contributed by atoms with Gasteiger partial charge in [0.05, 0.1) is 23.8 Å². The Morgan fingerprint density at radius 3 is 2.76 bits per heavy atom. The lowest BCUT2D eigenvalue weighted by atomic mass is 10.0. The summed E-state index contributed by atoms with van der Waals surface area (Å²) < 4.78 is 13.9. The lowest BCUT2D eigenvalue weighted by molar-refractivity contribution is -0.120. The maximum Gasteiger partial charge on any atom is 0.209 e. The van der Waals surface area contributed by atoms with Crippen LogP contribution in [0, 0.1) is 5.82 Å². The van der Waals surface area contributed by atoms with Crippen molar-refractivity contribution in [2.75, 3.05) is 30.3 Å². The molecule has 2 N–H and O–H groups in total. The summed E-state index contributed by atoms with van der Waals surface area (Å²) in [4.78, 5) is 18.8. The standard InChI is InChI=1S/C15H23FN4O/c1-2-3-6-20(11-21)12-4-7-19(8-5-12)15-13(16)9-18-10-14(15)17/h9-12H,2-8,17H2,1H3. The highest BCUT2D eigenvalue weighted by molar-refractivity contribution is 5.67. The second-order valence-electron chi connectivity index (χ2n) is 5.47. The number of nitrogens with zero attached hydrogens (tertiary/aromatic N) is 3. The third-order valence-electron chi connectivity index (χ3n) is 4.06. The zero-order valence-corrected chi connectivity index (χ0v) is 12.5. The van der Waals surface area contributed by atoms with Gasteiger partial charge in [0.2, 0.25) is 6.41 Å². The van der Waals surface area contributed by atoms with Crippen LogP contribution in [0.15, 0.2) is 12.4 Å². The molecule has 0 spiro atoms. The van der Waals surface area contributed by atoms with Gasteiger partial charge in [-0.25, -0.2) is 4.39 Å². The number of carbonyl (C=O) groups excluding carboxylic acids is 1. The predicted molar refractivity (Wildman–Crippen MR) is 81.5 cm³/mol. The number of hydrogen-bond acceptors (Lipinski definition) is 4. The van der Waals surface area contributed by atoms with Crippen molar-refractivity contribution in [3.8, 4) is 0 Å². The molecule has 0 atom stereocenters. The van der Waals surface area contributed by atoms with E-state index in [1.54, 1.807) is 0 Å². The summed E-state index contributed by atoms with van der Waals surface area (Å²) in [5.74, 6) is -0.383. The molecular weight excluding hydrogens is 271 g/mol. The molecule has 0 aliphatic carbocycles. The Balaban J connectivity index is 1.98. The fraction of sp³-hybridized carbons (Fsp3) is 0.600. The molecule has 1 aromatic rings. The Morgan fingerprint density at radius 2 is 2.19 bits per heavy atom. The number of anilines is 2. The van der Waals surface area contributed by atoms with E-state index >= 15 is 0 Å². The third kappa shape index (κ3) is 3.62. The minimum Gasteiger partial charge on any atom is -0.396 e. The lowest BCUT2D eigenvalue weighted by Crippen LogP contribution is -2.45. The largest absolute Gasteiger partial charge is 0.396 e. The molecule has 1 saturated heterocycles. The summed E-state index contributed by atoms with van der Waals surface area (Å²) in [6.45, 7) is 4.32. The van der Waals surface area contributed by atoms with Crippen molar-refractivity contribution in [1.29, 1.82) is 0 Å². The molecule has 0 bridgehead atoms. The van der Waals surface area contributed by atoms with E-state index in [0.717, 1.165) is 38.6 Å². The van der Waals surface area contributed by atoms with Crippen LogP contribution in [0.25, 0.3) is 0 Å². The van der Waals surface area contributed by atoms with Gasteiger partial charge in [-0.05, 0) is 19.3 Å². The number of aromatic nitrogens is 1. The summed E-state index contributed by atoms with van der Waals surface area (Å²) in [5.41, 5.74) is 6.63. The summed E-state index contributed by atoms with van der Waals surface area (Å²) in [5, 5.41) is 0. The summed E-state index contributed by atoms with van der Waals surface area (Å²) in [7, 11) is 0. The van der Waals surface area contributed by atoms with Crippen LogP contribution in [0.3, 0.4) is 0 Å². The Labute approximate surface area is 124 Å². The highest BCUT2D eigenvalue weighted by Crippen LogP contribution is 2.29. The molecule has 0 unspecified atom stereocenters. The van der Waals surface area contributed by atoms with E-state index in [2.05, 4.69) is 11.9 Å². The first-order valence-corrected chi connectivity index (χ1v) is 7.52. The van der Waals surface area contributed by atoms with Gasteiger partial charge in [0.1, 0.15) is 0 Å². The Bertz CT molecular complexity index is 454. The van der Waals surface area contributed by atoms with Crippen molar-refractivity contribution in [3.63, 3.8) is 0 Å². The van der Waals surface area contributed by atoms with Crippen molar-refractivity contribution < 1.29 is 9.18 Å². The van der Waals surface area contributed by atoms with Gasteiger partial charge < -0.3 is 15.5 Å². The second kappa shape index (κ2) is 7.24. The lowest BCUT2D eigenvalue weighted by Gasteiger charge is -2.38. The van der Waals surface area contributed by atoms with E-state index in [-0.39, 0.29) is 11.9 Å². The Hall–Kier alpha value is -1.85. The highest BCUT2D eigenvalue weighted by Gasteiger charge is 2.26. The molecule has 2 rings (SSSR count). The van der Waals surface area contributed by atoms with Gasteiger partial charge in [0.15, 0.2) is 5.82 Å². The zero-order valence-electron chi connectivity index (χ0n) is 12.5. The second-order valence-corrected chi connectivity index (χ2v) is 5.47. The molecule has 1 aromatic heterocycles. The minimum atomic E-state index is -0.383. The minimum absolute atomic E-state index is 0.247. The van der Waals surface area contributed by atoms with Gasteiger partial charge >= 0.3 is 0 Å². The topological polar surface area (TPSA) is 62.5 Å². The molecule has 0 saturated carbocycles. The summed E-state index contributed by atoms with van der Waals surface area (Å²) >= 11 is 0. The number of piperidine rings is 1. The maximum absolute atomic E-state index is 13.9. The van der Waals surface area contributed by atoms with Crippen LogP contribution in [0.1, 0.15) is 32.6 Å². The smallest absolute Gasteiger partial charge is 0.209 e. The van der Waals surface area contributed by atoms with Crippen LogP contribution in [0.4, 0.5) is 15.8 Å². The van der Waals surface area contributed by atoms with Crippen LogP contribution < -0.4 is 10.6 Å². The van der Waals surface area contributed by atoms with Crippen molar-refractivity contribution in [1.82, 2.24) is 9.88 Å². The number of pyridine rings is 1. The molecule has 0 aromatic carbocycles. The number of halogens is 1. The van der Waals surface area contributed by atoms with E-state index in [1.165, 1.54) is 12.4 Å². The molecule has 5 nitrogen and oxygen atoms in total. The van der Waals surface area contributed by atoms with E-state index < -0.39 is 0 Å². The van der Waals surface area contributed by atoms with Crippen LogP contribution in [-0.4, -0.2) is 42.0 Å². The quantitative estimate of drug-likeness (QED) is 0.815. The first-order chi connectivity index (χ1) is 10.2. The first-order valence-electron chi connectivity index (χ1n) is 7.52. The van der Waals surface area contributed by atoms with E-state index in [4.69, 9.17) is 5.73 Å². The fourth-order valence-electron chi connectivity index (χ4n) is 2.86. The average Bonchev–Trinajstić information content (AvgIpc) is 2.49. The van der Waals surface area contributed by atoms with Gasteiger partial charge in [-0.1, -0.05) is 13.3 Å². The normalized spacial score (nSPS) is 16.0. The highest BCUT2D eigenvalue weighted by atomic mass is 19.1. The number of hydrogen-bond donors (Lipinski definition) is 1. The third-order valence-corrected chi connectivity index (χ3v) is 4.06. The monoisotopic (exact) mass is 294 g/mol. The molecule has 1 aliphatic heterocycles. The number of carbonyl (C=O) groups is 1. The molecule has 1 fully saturated rings. The molecule has 21 heavy (non-hydrogen) atoms. The molecule has 0 radical (unpaired) electrons. The van der Waals surface area contributed by atoms with Gasteiger partial charge in [0.25, 0.3) is 0 Å². The molecule has 1 aliphatic rings. The Kier molecular flexibility index (Phi) is 5.36. The summed E-state index contributed by atoms with van der Waals surface area (Å²) in [6, 6.07) is 0.247. The van der Waals surface area contributed by atoms with Gasteiger partial charge in [-0.2, -0.15) is 0 Å². The molecule has 2 heterocycles. The number of nitrogens with two attached hydrogens (primary N) is 1. The molecule has 116 valence electrons. The summed E-state index contributed by atoms with van der Waals surface area (Å²) in [6.07, 6.45) is 7.37. The predicted octanol–water partition coefficient (Wildman–Crippen LogP) is 2.03. The van der Waals surface area contributed by atoms with Gasteiger partial charge in [0, 0.05) is 25.7 Å². The zero-order chi connectivity index (χ0) is 15.2. The van der Waals surface area contributed by atoms with Crippen LogP contribution >= 0.6 is 0 Å². The number of rotatable bonds is 6. The molecule has 1 amide bonds. The van der Waals surface area contributed by atoms with Crippen LogP contribution in [0.2, 0.25) is 0 Å². The van der Waals surface area contributed by atoms with Crippen molar-refractivity contribution in [2.45, 2.75) is 38.6 Å². The average molecular weight is 294 g/mol.